The summed E-state index contributed by atoms with van der Waals surface area (Å²) in [6.45, 7) is 6.38. The molecule has 0 amide bonds. The molecule has 1 fully saturated rings. The summed E-state index contributed by atoms with van der Waals surface area (Å²) in [4.78, 5) is 20.4. The van der Waals surface area contributed by atoms with Crippen molar-refractivity contribution in [3.05, 3.63) is 38.4 Å². The third kappa shape index (κ3) is 3.38. The van der Waals surface area contributed by atoms with Crippen molar-refractivity contribution in [2.75, 3.05) is 5.43 Å². The van der Waals surface area contributed by atoms with Gasteiger partial charge < -0.3 is 0 Å². The van der Waals surface area contributed by atoms with Crippen molar-refractivity contribution in [1.82, 2.24) is 0 Å². The zero-order valence-corrected chi connectivity index (χ0v) is 12.7. The third-order valence-electron chi connectivity index (χ3n) is 3.80. The molecule has 0 radical (unpaired) electrons. The Morgan fingerprint density at radius 1 is 1.27 bits per heavy atom. The van der Waals surface area contributed by atoms with Gasteiger partial charge in [0.2, 0.25) is 0 Å². The van der Waals surface area contributed by atoms with E-state index in [4.69, 9.17) is 0 Å². The van der Waals surface area contributed by atoms with Crippen LogP contribution in [0.1, 0.15) is 33.6 Å². The van der Waals surface area contributed by atoms with Crippen LogP contribution in [0.3, 0.4) is 0 Å². The van der Waals surface area contributed by atoms with E-state index in [1.54, 1.807) is 0 Å². The van der Waals surface area contributed by atoms with E-state index in [-0.39, 0.29) is 22.5 Å². The SMILES string of the molecule is C[C@@H]1CC(C)(C)C/C1=N\Nc1ccc([N+](=O)[O-])cc1[N+](=O)[O-]. The van der Waals surface area contributed by atoms with E-state index in [0.29, 0.717) is 5.92 Å². The van der Waals surface area contributed by atoms with Gasteiger partial charge in [0.15, 0.2) is 0 Å². The molecule has 1 atom stereocenters. The fourth-order valence-corrected chi connectivity index (χ4v) is 2.84. The molecule has 1 saturated carbocycles. The van der Waals surface area contributed by atoms with E-state index in [0.717, 1.165) is 24.6 Å². The molecule has 1 aromatic carbocycles. The topological polar surface area (TPSA) is 111 Å². The number of nitro benzene ring substituents is 2. The summed E-state index contributed by atoms with van der Waals surface area (Å²) >= 11 is 0. The first kappa shape index (κ1) is 15.9. The number of hydrazone groups is 1. The van der Waals surface area contributed by atoms with Crippen LogP contribution >= 0.6 is 0 Å². The molecule has 1 aromatic rings. The highest BCUT2D eigenvalue weighted by Gasteiger charge is 2.33. The smallest absolute Gasteiger partial charge is 0.272 e. The molecule has 22 heavy (non-hydrogen) atoms. The Morgan fingerprint density at radius 2 is 1.95 bits per heavy atom. The third-order valence-corrected chi connectivity index (χ3v) is 3.80. The number of non-ortho nitro benzene ring substituents is 1. The molecule has 0 saturated heterocycles. The molecule has 1 aliphatic rings. The Labute approximate surface area is 127 Å². The van der Waals surface area contributed by atoms with E-state index >= 15 is 0 Å². The van der Waals surface area contributed by atoms with Crippen LogP contribution in [0.2, 0.25) is 0 Å². The quantitative estimate of drug-likeness (QED) is 0.673. The largest absolute Gasteiger partial charge is 0.301 e. The second kappa shape index (κ2) is 5.70. The van der Waals surface area contributed by atoms with E-state index in [1.165, 1.54) is 12.1 Å². The van der Waals surface area contributed by atoms with Gasteiger partial charge in [-0.25, -0.2) is 0 Å². The zero-order chi connectivity index (χ0) is 16.5. The minimum Gasteiger partial charge on any atom is -0.272 e. The molecule has 2 rings (SSSR count). The van der Waals surface area contributed by atoms with Crippen molar-refractivity contribution in [1.29, 1.82) is 0 Å². The summed E-state index contributed by atoms with van der Waals surface area (Å²) in [5.74, 6) is 0.305. The molecule has 1 aliphatic carbocycles. The Bertz CT molecular complexity index is 654. The molecule has 8 heteroatoms. The Kier molecular flexibility index (Phi) is 4.11. The van der Waals surface area contributed by atoms with E-state index < -0.39 is 9.85 Å². The normalized spacial score (nSPS) is 21.8. The summed E-state index contributed by atoms with van der Waals surface area (Å²) in [6.07, 6.45) is 1.83. The molecule has 0 bridgehead atoms. The number of anilines is 1. The number of benzene rings is 1. The fraction of sp³-hybridized carbons (Fsp3) is 0.500. The van der Waals surface area contributed by atoms with Gasteiger partial charge in [0, 0.05) is 11.8 Å². The second-order valence-electron chi connectivity index (χ2n) is 6.38. The van der Waals surface area contributed by atoms with Gasteiger partial charge in [-0.05, 0) is 30.2 Å². The fourth-order valence-electron chi connectivity index (χ4n) is 2.84. The summed E-state index contributed by atoms with van der Waals surface area (Å²) in [5, 5.41) is 26.0. The Balaban J connectivity index is 2.27. The van der Waals surface area contributed by atoms with Crippen molar-refractivity contribution in [3.63, 3.8) is 0 Å². The van der Waals surface area contributed by atoms with Crippen molar-refractivity contribution in [2.24, 2.45) is 16.4 Å². The van der Waals surface area contributed by atoms with E-state index in [2.05, 4.69) is 31.3 Å². The monoisotopic (exact) mass is 306 g/mol. The highest BCUT2D eigenvalue weighted by molar-refractivity contribution is 5.90. The second-order valence-corrected chi connectivity index (χ2v) is 6.38. The van der Waals surface area contributed by atoms with E-state index in [1.807, 2.05) is 0 Å². The van der Waals surface area contributed by atoms with Gasteiger partial charge in [0.25, 0.3) is 5.69 Å². The van der Waals surface area contributed by atoms with Crippen LogP contribution in [0.4, 0.5) is 17.1 Å². The lowest BCUT2D eigenvalue weighted by molar-refractivity contribution is -0.393. The summed E-state index contributed by atoms with van der Waals surface area (Å²) in [6, 6.07) is 3.47. The van der Waals surface area contributed by atoms with Gasteiger partial charge in [0.05, 0.1) is 15.9 Å². The highest BCUT2D eigenvalue weighted by Crippen LogP contribution is 2.39. The number of nitrogens with one attached hydrogen (secondary N) is 1. The van der Waals surface area contributed by atoms with Crippen molar-refractivity contribution < 1.29 is 9.85 Å². The molecule has 0 aliphatic heterocycles. The number of hydrogen-bond acceptors (Lipinski definition) is 6. The minimum absolute atomic E-state index is 0.153. The van der Waals surface area contributed by atoms with Gasteiger partial charge in [-0.2, -0.15) is 5.10 Å². The molecular weight excluding hydrogens is 288 g/mol. The molecular formula is C14H18N4O4. The summed E-state index contributed by atoms with van der Waals surface area (Å²) in [5.41, 5.74) is 3.29. The first-order valence-electron chi connectivity index (χ1n) is 6.95. The first-order valence-corrected chi connectivity index (χ1v) is 6.95. The Morgan fingerprint density at radius 3 is 2.45 bits per heavy atom. The summed E-state index contributed by atoms with van der Waals surface area (Å²) < 4.78 is 0. The van der Waals surface area contributed by atoms with Crippen molar-refractivity contribution in [3.8, 4) is 0 Å². The van der Waals surface area contributed by atoms with Gasteiger partial charge in [-0.3, -0.25) is 25.7 Å². The molecule has 0 spiro atoms. The maximum atomic E-state index is 11.1. The van der Waals surface area contributed by atoms with Crippen LogP contribution in [0.25, 0.3) is 0 Å². The number of nitro groups is 2. The molecule has 0 unspecified atom stereocenters. The van der Waals surface area contributed by atoms with Crippen LogP contribution in [0.5, 0.6) is 0 Å². The average Bonchev–Trinajstić information content (AvgIpc) is 2.68. The van der Waals surface area contributed by atoms with Gasteiger partial charge in [0.1, 0.15) is 5.69 Å². The molecule has 8 nitrogen and oxygen atoms in total. The number of hydrogen-bond donors (Lipinski definition) is 1. The van der Waals surface area contributed by atoms with Crippen LogP contribution in [-0.2, 0) is 0 Å². The van der Waals surface area contributed by atoms with Crippen LogP contribution in [0.15, 0.2) is 23.3 Å². The Hall–Kier alpha value is -2.51. The van der Waals surface area contributed by atoms with Crippen LogP contribution in [0, 0.1) is 31.6 Å². The molecule has 0 aromatic heterocycles. The zero-order valence-electron chi connectivity index (χ0n) is 12.7. The van der Waals surface area contributed by atoms with Crippen LogP contribution in [-0.4, -0.2) is 15.6 Å². The standard InChI is InChI=1S/C14H18N4O4/c1-9-7-14(2,3)8-12(9)16-15-11-5-4-10(17(19)20)6-13(11)18(21)22/h4-6,9,15H,7-8H2,1-3H3/b16-12+/t9-/m1/s1. The number of rotatable bonds is 4. The van der Waals surface area contributed by atoms with Crippen LogP contribution < -0.4 is 5.43 Å². The molecule has 118 valence electrons. The predicted octanol–water partition coefficient (Wildman–Crippen LogP) is 3.73. The summed E-state index contributed by atoms with van der Waals surface area (Å²) in [7, 11) is 0. The molecule has 0 heterocycles. The maximum Gasteiger partial charge on any atom is 0.301 e. The lowest BCUT2D eigenvalue weighted by Crippen LogP contribution is -2.07. The average molecular weight is 306 g/mol. The van der Waals surface area contributed by atoms with Gasteiger partial charge >= 0.3 is 5.69 Å². The van der Waals surface area contributed by atoms with Crippen molar-refractivity contribution in [2.45, 2.75) is 33.6 Å². The molecule has 1 N–H and O–H groups in total. The first-order chi connectivity index (χ1) is 10.2. The van der Waals surface area contributed by atoms with Gasteiger partial charge in [-0.15, -0.1) is 0 Å². The lowest BCUT2D eigenvalue weighted by Gasteiger charge is -2.14. The van der Waals surface area contributed by atoms with Crippen molar-refractivity contribution >= 4 is 22.8 Å². The predicted molar refractivity (Wildman–Crippen MR) is 83.0 cm³/mol. The minimum atomic E-state index is -0.662. The lowest BCUT2D eigenvalue weighted by atomic mass is 9.91. The highest BCUT2D eigenvalue weighted by atomic mass is 16.6. The van der Waals surface area contributed by atoms with Gasteiger partial charge in [-0.1, -0.05) is 20.8 Å². The number of nitrogens with zero attached hydrogens (tertiary/aromatic N) is 3. The van der Waals surface area contributed by atoms with E-state index in [9.17, 15) is 20.2 Å². The maximum absolute atomic E-state index is 11.1.